The Kier molecular flexibility index (Phi) is 11.9. The second-order valence-electron chi connectivity index (χ2n) is 15.1. The molecule has 12 heteroatoms. The first-order chi connectivity index (χ1) is 26.2. The van der Waals surface area contributed by atoms with Gasteiger partial charge in [-0.05, 0) is 113 Å². The number of nitrogens with zero attached hydrogens (tertiary/aromatic N) is 6. The van der Waals surface area contributed by atoms with Crippen LogP contribution >= 0.6 is 0 Å². The number of carbonyl (C=O) groups excluding carboxylic acids is 1. The van der Waals surface area contributed by atoms with E-state index in [4.69, 9.17) is 10.5 Å². The molecule has 0 saturated carbocycles. The van der Waals surface area contributed by atoms with Gasteiger partial charge in [0.1, 0.15) is 12.4 Å². The quantitative estimate of drug-likeness (QED) is 0.231. The third kappa shape index (κ3) is 9.30. The number of ether oxygens (including phenoxy) is 1. The predicted octanol–water partition coefficient (Wildman–Crippen LogP) is 3.59. The third-order valence-corrected chi connectivity index (χ3v) is 11.0. The van der Waals surface area contributed by atoms with E-state index in [1.807, 2.05) is 65.4 Å². The number of hydrogen-bond donors (Lipinski definition) is 2. The number of benzene rings is 3. The van der Waals surface area contributed by atoms with E-state index >= 15 is 0 Å². The maximum Gasteiger partial charge on any atom is 0.269 e. The van der Waals surface area contributed by atoms with Gasteiger partial charge >= 0.3 is 0 Å². The highest BCUT2D eigenvalue weighted by Crippen LogP contribution is 2.25. The van der Waals surface area contributed by atoms with Crippen LogP contribution in [0.1, 0.15) is 47.9 Å². The Labute approximate surface area is 316 Å². The van der Waals surface area contributed by atoms with Crippen LogP contribution in [0, 0.1) is 13.8 Å². The summed E-state index contributed by atoms with van der Waals surface area (Å²) in [7, 11) is 0. The maximum absolute atomic E-state index is 12.4. The van der Waals surface area contributed by atoms with Gasteiger partial charge in [-0.3, -0.25) is 14.4 Å². The molecule has 0 aliphatic carbocycles. The van der Waals surface area contributed by atoms with Gasteiger partial charge in [0.05, 0.1) is 34.5 Å². The van der Waals surface area contributed by atoms with E-state index in [1.165, 1.54) is 18.0 Å². The van der Waals surface area contributed by atoms with Crippen molar-refractivity contribution < 1.29 is 9.53 Å². The average Bonchev–Trinajstić information content (AvgIpc) is 3.17. The fourth-order valence-electron chi connectivity index (χ4n) is 7.73. The van der Waals surface area contributed by atoms with Crippen LogP contribution in [-0.4, -0.2) is 92.6 Å². The number of likely N-dealkylation sites (tertiary alicyclic amines) is 2. The number of ketones is 1. The lowest BCUT2D eigenvalue weighted by Crippen LogP contribution is -2.43. The summed E-state index contributed by atoms with van der Waals surface area (Å²) >= 11 is 0. The molecule has 0 unspecified atom stereocenters. The first-order valence-electron chi connectivity index (χ1n) is 19.3. The summed E-state index contributed by atoms with van der Waals surface area (Å²) < 4.78 is 9.18. The van der Waals surface area contributed by atoms with E-state index in [1.54, 1.807) is 0 Å². The number of aromatic nitrogens is 4. The normalized spacial score (nSPS) is 17.3. The van der Waals surface area contributed by atoms with Crippen molar-refractivity contribution in [3.63, 3.8) is 0 Å². The largest absolute Gasteiger partial charge is 0.486 e. The van der Waals surface area contributed by atoms with Gasteiger partial charge in [0.15, 0.2) is 5.78 Å². The smallest absolute Gasteiger partial charge is 0.269 e. The van der Waals surface area contributed by atoms with Gasteiger partial charge < -0.3 is 34.7 Å². The van der Waals surface area contributed by atoms with Crippen LogP contribution in [0.15, 0.2) is 76.6 Å². The number of nitrogens with two attached hydrogens (primary N) is 1. The number of carbonyl (C=O) groups is 1. The molecule has 5 aromatic rings. The number of nitrogens with one attached hydrogen (secondary N) is 1. The van der Waals surface area contributed by atoms with Crippen LogP contribution in [0.25, 0.3) is 22.1 Å². The second kappa shape index (κ2) is 17.2. The highest BCUT2D eigenvalue weighted by Gasteiger charge is 2.21. The highest BCUT2D eigenvalue weighted by atomic mass is 16.5. The molecule has 5 heterocycles. The van der Waals surface area contributed by atoms with E-state index in [-0.39, 0.29) is 23.5 Å². The van der Waals surface area contributed by atoms with Crippen molar-refractivity contribution in [2.45, 2.75) is 77.7 Å². The molecule has 0 spiro atoms. The molecule has 2 saturated heterocycles. The van der Waals surface area contributed by atoms with Gasteiger partial charge in [0.25, 0.3) is 11.1 Å². The number of Topliss-reactive ketones (excluding diaryl/α,β-unsaturated/α-hetero) is 1. The Morgan fingerprint density at radius 3 is 1.85 bits per heavy atom. The Bertz CT molecular complexity index is 2220. The fourth-order valence-corrected chi connectivity index (χ4v) is 7.73. The monoisotopic (exact) mass is 732 g/mol. The van der Waals surface area contributed by atoms with Crippen LogP contribution in [0.2, 0.25) is 0 Å². The summed E-state index contributed by atoms with van der Waals surface area (Å²) in [6, 6.07) is 19.0. The van der Waals surface area contributed by atoms with Gasteiger partial charge in [-0.1, -0.05) is 24.3 Å². The van der Waals surface area contributed by atoms with Crippen LogP contribution < -0.4 is 26.9 Å². The molecular weight excluding hydrogens is 681 g/mol. The zero-order valence-corrected chi connectivity index (χ0v) is 31.5. The molecular formula is C42H52N8O4. The van der Waals surface area contributed by atoms with Crippen molar-refractivity contribution in [1.82, 2.24) is 34.2 Å². The lowest BCUT2D eigenvalue weighted by atomic mass is 10.0. The molecule has 2 fully saturated rings. The van der Waals surface area contributed by atoms with Crippen molar-refractivity contribution in [2.75, 3.05) is 45.9 Å². The van der Waals surface area contributed by atoms with E-state index in [0.717, 1.165) is 116 Å². The van der Waals surface area contributed by atoms with Crippen molar-refractivity contribution in [3.8, 4) is 5.75 Å². The first kappa shape index (κ1) is 37.6. The minimum atomic E-state index is -0.0400. The highest BCUT2D eigenvalue weighted by molar-refractivity contribution is 5.84. The number of fused-ring (bicyclic) bond motifs is 3. The van der Waals surface area contributed by atoms with Gasteiger partial charge in [0.2, 0.25) is 0 Å². The zero-order chi connectivity index (χ0) is 37.6. The molecule has 0 amide bonds. The van der Waals surface area contributed by atoms with Crippen molar-refractivity contribution >= 4 is 27.9 Å². The lowest BCUT2D eigenvalue weighted by Gasteiger charge is -2.32. The van der Waals surface area contributed by atoms with E-state index in [9.17, 15) is 14.4 Å². The van der Waals surface area contributed by atoms with Gasteiger partial charge in [-0.15, -0.1) is 0 Å². The van der Waals surface area contributed by atoms with Crippen LogP contribution in [0.3, 0.4) is 0 Å². The van der Waals surface area contributed by atoms with E-state index < -0.39 is 0 Å². The fraction of sp³-hybridized carbons (Fsp3) is 0.452. The van der Waals surface area contributed by atoms with Gasteiger partial charge in [-0.25, -0.2) is 9.97 Å². The second-order valence-corrected chi connectivity index (χ2v) is 15.1. The number of piperidine rings is 2. The van der Waals surface area contributed by atoms with Crippen LogP contribution in [0.5, 0.6) is 5.75 Å². The molecule has 2 aromatic heterocycles. The van der Waals surface area contributed by atoms with E-state index in [2.05, 4.69) is 37.2 Å². The molecule has 3 aliphatic rings. The van der Waals surface area contributed by atoms with Crippen molar-refractivity contribution in [2.24, 2.45) is 5.73 Å². The summed E-state index contributed by atoms with van der Waals surface area (Å²) in [5.74, 6) is 0.972. The first-order valence-corrected chi connectivity index (χ1v) is 19.3. The standard InChI is InChI=1S/C26H30N4O3.C16H22N4O/c1-18-2-4-23-24(12-18)30(26(32)16-28-23)11-10-29-8-6-21(7-9-29)27-15-19-3-5-25-20(13-19)14-22(31)17-33-25;1-12-2-3-14-15(10-12)20(16(21)11-18-14)9-8-19-6-4-13(17)5-7-19/h2-5,12-13,16,21,27H,6-11,14-15,17H2,1H3;2-3,10-11,13H,4-9,17H2,1H3. The third-order valence-electron chi connectivity index (χ3n) is 11.0. The average molecular weight is 733 g/mol. The number of hydrogen-bond acceptors (Lipinski definition) is 10. The summed E-state index contributed by atoms with van der Waals surface area (Å²) in [5, 5.41) is 3.67. The Morgan fingerprint density at radius 1 is 0.722 bits per heavy atom. The topological polar surface area (TPSA) is 141 Å². The Morgan fingerprint density at radius 2 is 1.28 bits per heavy atom. The molecule has 3 aliphatic heterocycles. The van der Waals surface area contributed by atoms with Crippen molar-refractivity contribution in [1.29, 1.82) is 0 Å². The minimum absolute atomic E-state index is 0.0261. The Balaban J connectivity index is 0.000000184. The molecule has 0 atom stereocenters. The lowest BCUT2D eigenvalue weighted by molar-refractivity contribution is -0.121. The van der Waals surface area contributed by atoms with Crippen LogP contribution in [-0.2, 0) is 30.8 Å². The number of rotatable bonds is 9. The van der Waals surface area contributed by atoms with Gasteiger partial charge in [0, 0.05) is 56.8 Å². The molecule has 54 heavy (non-hydrogen) atoms. The number of aryl methyl sites for hydroxylation is 2. The molecule has 284 valence electrons. The summed E-state index contributed by atoms with van der Waals surface area (Å²) in [6.07, 6.45) is 7.57. The van der Waals surface area contributed by atoms with E-state index in [0.29, 0.717) is 31.6 Å². The molecule has 0 radical (unpaired) electrons. The summed E-state index contributed by atoms with van der Waals surface area (Å²) in [6.45, 7) is 12.3. The molecule has 3 N–H and O–H groups in total. The van der Waals surface area contributed by atoms with Crippen molar-refractivity contribution in [3.05, 3.63) is 110 Å². The molecule has 8 rings (SSSR count). The zero-order valence-electron chi connectivity index (χ0n) is 31.5. The van der Waals surface area contributed by atoms with Gasteiger partial charge in [-0.2, -0.15) is 0 Å². The molecule has 0 bridgehead atoms. The van der Waals surface area contributed by atoms with Crippen LogP contribution in [0.4, 0.5) is 0 Å². The predicted molar refractivity (Wildman–Crippen MR) is 212 cm³/mol. The molecule has 3 aromatic carbocycles. The Hall–Kier alpha value is -4.75. The minimum Gasteiger partial charge on any atom is -0.486 e. The summed E-state index contributed by atoms with van der Waals surface area (Å²) in [5.41, 5.74) is 13.9. The molecule has 12 nitrogen and oxygen atoms in total. The maximum atomic E-state index is 12.4. The summed E-state index contributed by atoms with van der Waals surface area (Å²) in [4.78, 5) is 49.6. The SMILES string of the molecule is Cc1ccc2ncc(=O)n(CCN3CCC(N)CC3)c2c1.Cc1ccc2ncc(=O)n(CCN3CCC(NCc4ccc5c(c4)CC(=O)CO5)CC3)c2c1.